The molecule has 0 radical (unpaired) electrons. The van der Waals surface area contributed by atoms with E-state index in [1.807, 2.05) is 13.1 Å². The molecular weight excluding hydrogens is 312 g/mol. The molecule has 22 heavy (non-hydrogen) atoms. The normalized spacial score (nSPS) is 13.4. The van der Waals surface area contributed by atoms with E-state index >= 15 is 0 Å². The summed E-state index contributed by atoms with van der Waals surface area (Å²) >= 11 is 0. The van der Waals surface area contributed by atoms with Gasteiger partial charge in [-0.05, 0) is 50.3 Å². The van der Waals surface area contributed by atoms with Crippen molar-refractivity contribution in [3.63, 3.8) is 0 Å². The number of alkyl halides is 3. The molecule has 124 valence electrons. The average molecular weight is 334 g/mol. The molecule has 0 spiro atoms. The Morgan fingerprint density at radius 2 is 1.91 bits per heavy atom. The highest BCUT2D eigenvalue weighted by Crippen LogP contribution is 2.34. The van der Waals surface area contributed by atoms with Crippen LogP contribution >= 0.6 is 0 Å². The van der Waals surface area contributed by atoms with Crippen molar-refractivity contribution in [3.8, 4) is 0 Å². The maximum absolute atomic E-state index is 13.4. The molecule has 0 N–H and O–H groups in total. The zero-order chi connectivity index (χ0) is 17.0. The largest absolute Gasteiger partial charge is 0.544 e. The van der Waals surface area contributed by atoms with Crippen molar-refractivity contribution in [1.82, 2.24) is 0 Å². The van der Waals surface area contributed by atoms with Crippen LogP contribution in [0.2, 0.25) is 19.1 Å². The minimum absolute atomic E-state index is 0.258. The van der Waals surface area contributed by atoms with E-state index in [0.717, 1.165) is 31.0 Å². The topological polar surface area (TPSA) is 9.23 Å². The molecule has 1 aromatic rings. The molecule has 1 rings (SSSR count). The Bertz CT molecular complexity index is 535. The lowest BCUT2D eigenvalue weighted by atomic mass is 10.1. The SMILES string of the molecule is C/C=C(\O[Si](C)(C)CCCC)c1ccc(F)c(C(F)(F)F)c1. The number of benzene rings is 1. The Kier molecular flexibility index (Phi) is 6.23. The molecule has 0 aromatic heterocycles. The maximum Gasteiger partial charge on any atom is 0.419 e. The van der Waals surface area contributed by atoms with Gasteiger partial charge < -0.3 is 4.43 Å². The van der Waals surface area contributed by atoms with Crippen molar-refractivity contribution >= 4 is 14.1 Å². The number of allylic oxidation sites excluding steroid dienone is 1. The summed E-state index contributed by atoms with van der Waals surface area (Å²) < 4.78 is 57.8. The van der Waals surface area contributed by atoms with Gasteiger partial charge in [0.1, 0.15) is 11.6 Å². The first-order valence-corrected chi connectivity index (χ1v) is 10.4. The zero-order valence-corrected chi connectivity index (χ0v) is 14.4. The van der Waals surface area contributed by atoms with Gasteiger partial charge >= 0.3 is 6.18 Å². The van der Waals surface area contributed by atoms with E-state index in [2.05, 4.69) is 6.92 Å². The van der Waals surface area contributed by atoms with Gasteiger partial charge in [0.2, 0.25) is 8.32 Å². The van der Waals surface area contributed by atoms with Gasteiger partial charge in [-0.25, -0.2) is 4.39 Å². The number of hydrogen-bond donors (Lipinski definition) is 0. The molecule has 0 saturated carbocycles. The Hall–Kier alpha value is -1.30. The fraction of sp³-hybridized carbons (Fsp3) is 0.500. The van der Waals surface area contributed by atoms with E-state index in [1.54, 1.807) is 13.0 Å². The molecule has 1 nitrogen and oxygen atoms in total. The summed E-state index contributed by atoms with van der Waals surface area (Å²) in [5.41, 5.74) is -1.01. The lowest BCUT2D eigenvalue weighted by Gasteiger charge is -2.26. The second-order valence-electron chi connectivity index (χ2n) is 5.81. The minimum Gasteiger partial charge on any atom is -0.544 e. The number of halogens is 4. The van der Waals surface area contributed by atoms with Gasteiger partial charge in [-0.3, -0.25) is 0 Å². The molecular formula is C16H22F4OSi. The predicted molar refractivity (Wildman–Crippen MR) is 83.3 cm³/mol. The monoisotopic (exact) mass is 334 g/mol. The van der Waals surface area contributed by atoms with Crippen molar-refractivity contribution in [2.24, 2.45) is 0 Å². The highest BCUT2D eigenvalue weighted by atomic mass is 28.4. The summed E-state index contributed by atoms with van der Waals surface area (Å²) in [6, 6.07) is 3.90. The van der Waals surface area contributed by atoms with E-state index in [0.29, 0.717) is 5.76 Å². The Morgan fingerprint density at radius 3 is 2.41 bits per heavy atom. The van der Waals surface area contributed by atoms with Gasteiger partial charge in [-0.1, -0.05) is 19.8 Å². The second kappa shape index (κ2) is 7.31. The Labute approximate surface area is 130 Å². The summed E-state index contributed by atoms with van der Waals surface area (Å²) in [6.07, 6.45) is -1.02. The zero-order valence-electron chi connectivity index (χ0n) is 13.4. The number of rotatable bonds is 6. The van der Waals surface area contributed by atoms with E-state index in [1.165, 1.54) is 6.07 Å². The smallest absolute Gasteiger partial charge is 0.419 e. The van der Waals surface area contributed by atoms with Gasteiger partial charge in [0.25, 0.3) is 0 Å². The molecule has 0 saturated heterocycles. The van der Waals surface area contributed by atoms with E-state index in [-0.39, 0.29) is 5.56 Å². The van der Waals surface area contributed by atoms with Crippen LogP contribution in [0.25, 0.3) is 5.76 Å². The summed E-state index contributed by atoms with van der Waals surface area (Å²) in [5.74, 6) is -0.882. The Morgan fingerprint density at radius 1 is 1.27 bits per heavy atom. The van der Waals surface area contributed by atoms with Gasteiger partial charge in [-0.2, -0.15) is 13.2 Å². The van der Waals surface area contributed by atoms with Crippen LogP contribution in [0, 0.1) is 5.82 Å². The van der Waals surface area contributed by atoms with Gasteiger partial charge in [-0.15, -0.1) is 0 Å². The molecule has 0 aliphatic carbocycles. The molecule has 0 bridgehead atoms. The van der Waals surface area contributed by atoms with E-state index in [9.17, 15) is 17.6 Å². The minimum atomic E-state index is -4.71. The van der Waals surface area contributed by atoms with Gasteiger partial charge in [0.05, 0.1) is 5.56 Å². The summed E-state index contributed by atoms with van der Waals surface area (Å²) in [5, 5.41) is 0. The van der Waals surface area contributed by atoms with Crippen LogP contribution in [0.5, 0.6) is 0 Å². The van der Waals surface area contributed by atoms with Crippen LogP contribution in [0.4, 0.5) is 17.6 Å². The lowest BCUT2D eigenvalue weighted by Crippen LogP contribution is -2.29. The van der Waals surface area contributed by atoms with Gasteiger partial charge in [0.15, 0.2) is 0 Å². The number of hydrogen-bond acceptors (Lipinski definition) is 1. The van der Waals surface area contributed by atoms with Crippen LogP contribution in [0.1, 0.15) is 37.8 Å². The molecule has 0 aliphatic heterocycles. The third-order valence-electron chi connectivity index (χ3n) is 3.34. The molecule has 0 unspecified atom stereocenters. The van der Waals surface area contributed by atoms with Crippen molar-refractivity contribution in [2.45, 2.75) is 52.0 Å². The fourth-order valence-corrected chi connectivity index (χ4v) is 4.27. The standard InChI is InChI=1S/C16H22F4OSi/c1-5-7-10-22(3,4)21-15(6-2)12-8-9-14(17)13(11-12)16(18,19)20/h6,8-9,11H,5,7,10H2,1-4H3/b15-6-. The van der Waals surface area contributed by atoms with Crippen molar-refractivity contribution in [2.75, 3.05) is 0 Å². The van der Waals surface area contributed by atoms with Gasteiger partial charge in [0, 0.05) is 5.56 Å². The summed E-state index contributed by atoms with van der Waals surface area (Å²) in [4.78, 5) is 0. The predicted octanol–water partition coefficient (Wildman–Crippen LogP) is 6.23. The average Bonchev–Trinajstić information content (AvgIpc) is 2.42. The first-order valence-electron chi connectivity index (χ1n) is 7.33. The van der Waals surface area contributed by atoms with E-state index in [4.69, 9.17) is 4.43 Å². The first-order chi connectivity index (χ1) is 10.1. The molecule has 0 fully saturated rings. The molecule has 0 amide bonds. The van der Waals surface area contributed by atoms with Crippen molar-refractivity contribution < 1.29 is 22.0 Å². The third kappa shape index (κ3) is 5.16. The van der Waals surface area contributed by atoms with Crippen molar-refractivity contribution in [3.05, 3.63) is 41.2 Å². The van der Waals surface area contributed by atoms with Crippen LogP contribution < -0.4 is 0 Å². The Balaban J connectivity index is 3.07. The highest BCUT2D eigenvalue weighted by Gasteiger charge is 2.35. The number of unbranched alkanes of at least 4 members (excludes halogenated alkanes) is 1. The van der Waals surface area contributed by atoms with E-state index < -0.39 is 25.9 Å². The van der Waals surface area contributed by atoms with Crippen LogP contribution in [-0.4, -0.2) is 8.32 Å². The highest BCUT2D eigenvalue weighted by molar-refractivity contribution is 6.71. The molecule has 6 heteroatoms. The van der Waals surface area contributed by atoms with Crippen LogP contribution in [0.3, 0.4) is 0 Å². The molecule has 1 aromatic carbocycles. The summed E-state index contributed by atoms with van der Waals surface area (Å²) in [6.45, 7) is 7.84. The second-order valence-corrected chi connectivity index (χ2v) is 10.0. The van der Waals surface area contributed by atoms with Crippen LogP contribution in [0.15, 0.2) is 24.3 Å². The lowest BCUT2D eigenvalue weighted by molar-refractivity contribution is -0.140. The van der Waals surface area contributed by atoms with Crippen molar-refractivity contribution in [1.29, 1.82) is 0 Å². The molecule has 0 heterocycles. The first kappa shape index (κ1) is 18.7. The molecule has 0 aliphatic rings. The quantitative estimate of drug-likeness (QED) is 0.340. The molecule has 0 atom stereocenters. The maximum atomic E-state index is 13.4. The third-order valence-corrected chi connectivity index (χ3v) is 5.67. The fourth-order valence-electron chi connectivity index (χ4n) is 2.13. The summed E-state index contributed by atoms with van der Waals surface area (Å²) in [7, 11) is -2.01. The van der Waals surface area contributed by atoms with Crippen LogP contribution in [-0.2, 0) is 10.6 Å².